The van der Waals surface area contributed by atoms with Crippen molar-refractivity contribution >= 4 is 11.8 Å². The van der Waals surface area contributed by atoms with Gasteiger partial charge >= 0.3 is 5.97 Å². The fourth-order valence-electron chi connectivity index (χ4n) is 2.33. The third-order valence-corrected chi connectivity index (χ3v) is 3.00. The van der Waals surface area contributed by atoms with E-state index in [9.17, 15) is 9.59 Å². The molecule has 3 heteroatoms. The molecule has 0 aromatic heterocycles. The highest BCUT2D eigenvalue weighted by molar-refractivity contribution is 5.81. The maximum Gasteiger partial charge on any atom is 0.309 e. The van der Waals surface area contributed by atoms with Crippen LogP contribution in [0.1, 0.15) is 19.8 Å². The lowest BCUT2D eigenvalue weighted by atomic mass is 9.94. The normalized spacial score (nSPS) is 33.4. The van der Waals surface area contributed by atoms with Crippen LogP contribution < -0.4 is 0 Å². The number of ketones is 1. The van der Waals surface area contributed by atoms with Crippen LogP contribution in [0.25, 0.3) is 0 Å². The van der Waals surface area contributed by atoms with Crippen molar-refractivity contribution in [1.82, 2.24) is 0 Å². The molecule has 0 aromatic carbocycles. The van der Waals surface area contributed by atoms with E-state index in [4.69, 9.17) is 4.74 Å². The van der Waals surface area contributed by atoms with Gasteiger partial charge in [0.05, 0.1) is 5.92 Å². The molecule has 0 N–H and O–H groups in total. The van der Waals surface area contributed by atoms with Crippen molar-refractivity contribution < 1.29 is 14.3 Å². The minimum absolute atomic E-state index is 0.00403. The van der Waals surface area contributed by atoms with Crippen LogP contribution in [-0.2, 0) is 14.3 Å². The molecule has 3 atom stereocenters. The molecule has 2 aliphatic rings. The van der Waals surface area contributed by atoms with Crippen LogP contribution in [-0.4, -0.2) is 18.4 Å². The van der Waals surface area contributed by atoms with E-state index < -0.39 is 0 Å². The Balaban J connectivity index is 1.87. The number of carbonyl (C=O) groups excluding carboxylic acids is 2. The number of ether oxygens (including phenoxy) is 1. The molecule has 3 nitrogen and oxygen atoms in total. The Kier molecular flexibility index (Phi) is 2.40. The average Bonchev–Trinajstić information content (AvgIpc) is 2.74. The molecule has 0 aromatic rings. The van der Waals surface area contributed by atoms with Crippen LogP contribution in [0.15, 0.2) is 12.2 Å². The molecule has 0 saturated heterocycles. The summed E-state index contributed by atoms with van der Waals surface area (Å²) in [6.45, 7) is 1.35. The highest BCUT2D eigenvalue weighted by atomic mass is 16.5. The molecule has 2 aliphatic carbocycles. The molecule has 76 valence electrons. The summed E-state index contributed by atoms with van der Waals surface area (Å²) in [6.07, 6.45) is 6.27. The van der Waals surface area contributed by atoms with Crippen molar-refractivity contribution in [3.8, 4) is 0 Å². The standard InChI is InChI=1S/C11H14O3/c1-7(12)6-14-11(13)10-5-8-2-3-9(10)4-8/h2-3,8-10H,4-6H2,1H3. The summed E-state index contributed by atoms with van der Waals surface area (Å²) in [6, 6.07) is 0. The molecule has 1 fully saturated rings. The number of hydrogen-bond acceptors (Lipinski definition) is 3. The third-order valence-electron chi connectivity index (χ3n) is 3.00. The zero-order valence-electron chi connectivity index (χ0n) is 8.23. The van der Waals surface area contributed by atoms with E-state index in [1.807, 2.05) is 0 Å². The summed E-state index contributed by atoms with van der Waals surface area (Å²) in [5, 5.41) is 0. The van der Waals surface area contributed by atoms with Crippen LogP contribution in [0.4, 0.5) is 0 Å². The van der Waals surface area contributed by atoms with Gasteiger partial charge in [-0.2, -0.15) is 0 Å². The van der Waals surface area contributed by atoms with Crippen LogP contribution in [0, 0.1) is 17.8 Å². The van der Waals surface area contributed by atoms with Gasteiger partial charge in [0, 0.05) is 0 Å². The van der Waals surface area contributed by atoms with Crippen molar-refractivity contribution in [2.45, 2.75) is 19.8 Å². The van der Waals surface area contributed by atoms with Gasteiger partial charge in [0.25, 0.3) is 0 Å². The second-order valence-corrected chi connectivity index (χ2v) is 4.20. The fraction of sp³-hybridized carbons (Fsp3) is 0.636. The van der Waals surface area contributed by atoms with E-state index in [0.717, 1.165) is 12.8 Å². The minimum atomic E-state index is -0.197. The van der Waals surface area contributed by atoms with Crippen molar-refractivity contribution in [1.29, 1.82) is 0 Å². The van der Waals surface area contributed by atoms with Gasteiger partial charge in [-0.1, -0.05) is 12.2 Å². The predicted molar refractivity (Wildman–Crippen MR) is 50.5 cm³/mol. The van der Waals surface area contributed by atoms with Crippen molar-refractivity contribution in [3.05, 3.63) is 12.2 Å². The van der Waals surface area contributed by atoms with Crippen molar-refractivity contribution in [3.63, 3.8) is 0 Å². The van der Waals surface area contributed by atoms with Gasteiger partial charge in [-0.15, -0.1) is 0 Å². The molecule has 0 heterocycles. The Morgan fingerprint density at radius 2 is 2.14 bits per heavy atom. The first kappa shape index (κ1) is 9.44. The number of Topliss-reactive ketones (excluding diaryl/α,β-unsaturated/α-hetero) is 1. The number of allylic oxidation sites excluding steroid dienone is 2. The molecular formula is C11H14O3. The van der Waals surface area contributed by atoms with Gasteiger partial charge < -0.3 is 4.74 Å². The van der Waals surface area contributed by atoms with Crippen LogP contribution in [0.5, 0.6) is 0 Å². The topological polar surface area (TPSA) is 43.4 Å². The first-order valence-electron chi connectivity index (χ1n) is 5.01. The molecular weight excluding hydrogens is 180 g/mol. The van der Waals surface area contributed by atoms with E-state index in [1.54, 1.807) is 0 Å². The highest BCUT2D eigenvalue weighted by Gasteiger charge is 2.40. The Hall–Kier alpha value is -1.12. The summed E-state index contributed by atoms with van der Waals surface area (Å²) in [7, 11) is 0. The SMILES string of the molecule is CC(=O)COC(=O)C1CC2C=CC1C2. The molecule has 14 heavy (non-hydrogen) atoms. The molecule has 0 amide bonds. The van der Waals surface area contributed by atoms with E-state index in [2.05, 4.69) is 12.2 Å². The number of esters is 1. The second-order valence-electron chi connectivity index (χ2n) is 4.20. The largest absolute Gasteiger partial charge is 0.457 e. The maximum absolute atomic E-state index is 11.5. The van der Waals surface area contributed by atoms with E-state index >= 15 is 0 Å². The summed E-state index contributed by atoms with van der Waals surface area (Å²) in [5.41, 5.74) is 0. The van der Waals surface area contributed by atoms with Gasteiger partial charge in [-0.05, 0) is 31.6 Å². The number of hydrogen-bond donors (Lipinski definition) is 0. The molecule has 0 radical (unpaired) electrons. The third kappa shape index (κ3) is 1.72. The van der Waals surface area contributed by atoms with Gasteiger partial charge in [0.15, 0.2) is 5.78 Å². The quantitative estimate of drug-likeness (QED) is 0.503. The first-order chi connectivity index (χ1) is 6.66. The molecule has 0 aliphatic heterocycles. The van der Waals surface area contributed by atoms with Gasteiger partial charge in [0.1, 0.15) is 6.61 Å². The van der Waals surface area contributed by atoms with Gasteiger partial charge in [-0.25, -0.2) is 0 Å². The van der Waals surface area contributed by atoms with E-state index in [1.165, 1.54) is 6.92 Å². The second kappa shape index (κ2) is 3.56. The molecule has 2 bridgehead atoms. The summed E-state index contributed by atoms with van der Waals surface area (Å²) in [4.78, 5) is 22.2. The highest BCUT2D eigenvalue weighted by Crippen LogP contribution is 2.43. The summed E-state index contributed by atoms with van der Waals surface area (Å²) in [5.74, 6) is 0.632. The number of carbonyl (C=O) groups is 2. The van der Waals surface area contributed by atoms with Crippen LogP contribution in [0.3, 0.4) is 0 Å². The van der Waals surface area contributed by atoms with Crippen LogP contribution in [0.2, 0.25) is 0 Å². The van der Waals surface area contributed by atoms with Gasteiger partial charge in [-0.3, -0.25) is 9.59 Å². The van der Waals surface area contributed by atoms with Gasteiger partial charge in [0.2, 0.25) is 0 Å². The fourth-order valence-corrected chi connectivity index (χ4v) is 2.33. The molecule has 2 rings (SSSR count). The zero-order chi connectivity index (χ0) is 10.1. The number of fused-ring (bicyclic) bond motifs is 2. The predicted octanol–water partition coefficient (Wildman–Crippen LogP) is 1.33. The Morgan fingerprint density at radius 3 is 2.64 bits per heavy atom. The Morgan fingerprint density at radius 1 is 1.36 bits per heavy atom. The average molecular weight is 194 g/mol. The maximum atomic E-state index is 11.5. The van der Waals surface area contributed by atoms with Crippen molar-refractivity contribution in [2.24, 2.45) is 17.8 Å². The zero-order valence-corrected chi connectivity index (χ0v) is 8.23. The lowest BCUT2D eigenvalue weighted by molar-refractivity contribution is -0.152. The van der Waals surface area contributed by atoms with Crippen LogP contribution >= 0.6 is 0 Å². The Labute approximate surface area is 83.1 Å². The lowest BCUT2D eigenvalue weighted by Gasteiger charge is -2.15. The first-order valence-corrected chi connectivity index (χ1v) is 5.01. The van der Waals surface area contributed by atoms with E-state index in [-0.39, 0.29) is 24.3 Å². The smallest absolute Gasteiger partial charge is 0.309 e. The molecule has 1 saturated carbocycles. The summed E-state index contributed by atoms with van der Waals surface area (Å²) >= 11 is 0. The lowest BCUT2D eigenvalue weighted by Crippen LogP contribution is -2.23. The molecule has 0 spiro atoms. The molecule has 3 unspecified atom stereocenters. The number of rotatable bonds is 3. The van der Waals surface area contributed by atoms with Crippen molar-refractivity contribution in [2.75, 3.05) is 6.61 Å². The van der Waals surface area contributed by atoms with E-state index in [0.29, 0.717) is 11.8 Å². The monoisotopic (exact) mass is 194 g/mol. The Bertz CT molecular complexity index is 293. The minimum Gasteiger partial charge on any atom is -0.457 e. The summed E-state index contributed by atoms with van der Waals surface area (Å²) < 4.78 is 4.92.